The number of hydrogen-bond acceptors (Lipinski definition) is 3. The van der Waals surface area contributed by atoms with Crippen molar-refractivity contribution in [2.75, 3.05) is 6.54 Å². The first-order valence-corrected chi connectivity index (χ1v) is 6.79. The predicted molar refractivity (Wildman–Crippen MR) is 84.3 cm³/mol. The van der Waals surface area contributed by atoms with Gasteiger partial charge in [-0.05, 0) is 51.4 Å². The van der Waals surface area contributed by atoms with Crippen LogP contribution in [0.4, 0.5) is 0 Å². The summed E-state index contributed by atoms with van der Waals surface area (Å²) in [4.78, 5) is 11.7. The maximum Gasteiger partial charge on any atom is 0.220 e. The molecule has 0 aliphatic rings. The van der Waals surface area contributed by atoms with E-state index in [0.717, 1.165) is 17.7 Å². The van der Waals surface area contributed by atoms with Gasteiger partial charge in [-0.25, -0.2) is 0 Å². The number of amides is 1. The van der Waals surface area contributed by atoms with Crippen LogP contribution < -0.4 is 15.8 Å². The largest absolute Gasteiger partial charge is 0.491 e. The van der Waals surface area contributed by atoms with Gasteiger partial charge >= 0.3 is 0 Å². The van der Waals surface area contributed by atoms with E-state index < -0.39 is 0 Å². The van der Waals surface area contributed by atoms with Gasteiger partial charge in [0.1, 0.15) is 5.75 Å². The van der Waals surface area contributed by atoms with Crippen LogP contribution in [0.25, 0.3) is 0 Å². The van der Waals surface area contributed by atoms with Gasteiger partial charge in [-0.15, -0.1) is 12.4 Å². The average Bonchev–Trinajstić information content (AvgIpc) is 2.35. The number of nitrogens with two attached hydrogens (primary N) is 1. The predicted octanol–water partition coefficient (Wildman–Crippen LogP) is 2.81. The van der Waals surface area contributed by atoms with Crippen molar-refractivity contribution in [2.45, 2.75) is 45.8 Å². The summed E-state index contributed by atoms with van der Waals surface area (Å²) in [6, 6.07) is 7.79. The van der Waals surface area contributed by atoms with E-state index in [9.17, 15) is 4.79 Å². The first-order valence-electron chi connectivity index (χ1n) is 6.79. The van der Waals surface area contributed by atoms with Crippen molar-refractivity contribution in [3.63, 3.8) is 0 Å². The molecular weight excluding hydrogens is 276 g/mol. The Balaban J connectivity index is 0.00000361. The Kier molecular flexibility index (Phi) is 9.01. The van der Waals surface area contributed by atoms with Crippen molar-refractivity contribution in [3.8, 4) is 5.75 Å². The smallest absolute Gasteiger partial charge is 0.220 e. The number of halogens is 1. The van der Waals surface area contributed by atoms with Gasteiger partial charge in [0, 0.05) is 6.42 Å². The number of ether oxygens (including phenoxy) is 1. The Labute approximate surface area is 127 Å². The monoisotopic (exact) mass is 300 g/mol. The van der Waals surface area contributed by atoms with E-state index in [2.05, 4.69) is 5.32 Å². The fourth-order valence-corrected chi connectivity index (χ4v) is 1.79. The van der Waals surface area contributed by atoms with Gasteiger partial charge < -0.3 is 15.8 Å². The van der Waals surface area contributed by atoms with Crippen molar-refractivity contribution in [2.24, 2.45) is 5.73 Å². The Hall–Kier alpha value is -1.26. The molecule has 0 spiro atoms. The van der Waals surface area contributed by atoms with Gasteiger partial charge in [-0.2, -0.15) is 0 Å². The van der Waals surface area contributed by atoms with E-state index in [-0.39, 0.29) is 30.5 Å². The quantitative estimate of drug-likeness (QED) is 0.814. The zero-order valence-corrected chi connectivity index (χ0v) is 13.2. The van der Waals surface area contributed by atoms with E-state index in [1.807, 2.05) is 45.0 Å². The van der Waals surface area contributed by atoms with Crippen LogP contribution in [0.1, 0.15) is 45.2 Å². The Morgan fingerprint density at radius 3 is 2.65 bits per heavy atom. The van der Waals surface area contributed by atoms with Crippen LogP contribution in [0.3, 0.4) is 0 Å². The topological polar surface area (TPSA) is 64.3 Å². The normalized spacial score (nSPS) is 11.7. The van der Waals surface area contributed by atoms with E-state index in [1.54, 1.807) is 0 Å². The third-order valence-electron chi connectivity index (χ3n) is 2.72. The molecule has 1 aromatic carbocycles. The van der Waals surface area contributed by atoms with Gasteiger partial charge in [0.05, 0.1) is 12.1 Å². The molecule has 0 aliphatic heterocycles. The molecule has 1 aromatic rings. The second-order valence-corrected chi connectivity index (χ2v) is 4.92. The van der Waals surface area contributed by atoms with E-state index in [0.29, 0.717) is 13.0 Å². The minimum absolute atomic E-state index is 0. The minimum Gasteiger partial charge on any atom is -0.491 e. The lowest BCUT2D eigenvalue weighted by Gasteiger charge is -2.16. The van der Waals surface area contributed by atoms with Crippen molar-refractivity contribution in [1.29, 1.82) is 0 Å². The number of benzene rings is 1. The number of nitrogens with one attached hydrogen (secondary N) is 1. The zero-order valence-electron chi connectivity index (χ0n) is 12.4. The highest BCUT2D eigenvalue weighted by molar-refractivity contribution is 5.85. The maximum atomic E-state index is 11.7. The molecule has 0 fully saturated rings. The molecule has 0 saturated carbocycles. The molecule has 5 heteroatoms. The highest BCUT2D eigenvalue weighted by Gasteiger charge is 2.10. The first-order chi connectivity index (χ1) is 9.02. The molecule has 0 radical (unpaired) electrons. The zero-order chi connectivity index (χ0) is 14.3. The Morgan fingerprint density at radius 2 is 2.05 bits per heavy atom. The van der Waals surface area contributed by atoms with Gasteiger partial charge in [0.15, 0.2) is 0 Å². The lowest BCUT2D eigenvalue weighted by molar-refractivity contribution is -0.121. The van der Waals surface area contributed by atoms with E-state index in [1.165, 1.54) is 0 Å². The summed E-state index contributed by atoms with van der Waals surface area (Å²) >= 11 is 0. The van der Waals surface area contributed by atoms with Crippen LogP contribution in [-0.4, -0.2) is 18.6 Å². The third kappa shape index (κ3) is 6.78. The van der Waals surface area contributed by atoms with Crippen LogP contribution in [0, 0.1) is 0 Å². The van der Waals surface area contributed by atoms with Crippen LogP contribution in [0.2, 0.25) is 0 Å². The number of rotatable bonds is 7. The summed E-state index contributed by atoms with van der Waals surface area (Å²) in [6.07, 6.45) is 1.34. The molecule has 0 saturated heterocycles. The van der Waals surface area contributed by atoms with E-state index in [4.69, 9.17) is 10.5 Å². The molecule has 0 bridgehead atoms. The summed E-state index contributed by atoms with van der Waals surface area (Å²) in [5.74, 6) is 0.865. The van der Waals surface area contributed by atoms with Crippen LogP contribution >= 0.6 is 12.4 Å². The van der Waals surface area contributed by atoms with Crippen molar-refractivity contribution in [3.05, 3.63) is 29.8 Å². The molecule has 114 valence electrons. The van der Waals surface area contributed by atoms with Crippen LogP contribution in [0.5, 0.6) is 5.75 Å². The summed E-state index contributed by atoms with van der Waals surface area (Å²) in [6.45, 7) is 6.49. The number of carbonyl (C=O) groups is 1. The molecule has 4 nitrogen and oxygen atoms in total. The van der Waals surface area contributed by atoms with Crippen molar-refractivity contribution >= 4 is 18.3 Å². The summed E-state index contributed by atoms with van der Waals surface area (Å²) in [5, 5.41) is 2.96. The molecule has 3 N–H and O–H groups in total. The lowest BCUT2D eigenvalue weighted by Crippen LogP contribution is -2.26. The van der Waals surface area contributed by atoms with Crippen LogP contribution in [0.15, 0.2) is 24.3 Å². The second kappa shape index (κ2) is 9.61. The van der Waals surface area contributed by atoms with Crippen molar-refractivity contribution in [1.82, 2.24) is 5.32 Å². The molecule has 20 heavy (non-hydrogen) atoms. The molecule has 1 rings (SSSR count). The first kappa shape index (κ1) is 18.7. The van der Waals surface area contributed by atoms with Gasteiger partial charge in [0.2, 0.25) is 5.91 Å². The lowest BCUT2D eigenvalue weighted by atomic mass is 10.1. The maximum absolute atomic E-state index is 11.7. The molecule has 1 atom stereocenters. The fraction of sp³-hybridized carbons (Fsp3) is 0.533. The molecule has 1 unspecified atom stereocenters. The molecule has 0 heterocycles. The molecule has 0 aromatic heterocycles. The fourth-order valence-electron chi connectivity index (χ4n) is 1.79. The summed E-state index contributed by atoms with van der Waals surface area (Å²) in [5.41, 5.74) is 6.43. The van der Waals surface area contributed by atoms with Crippen LogP contribution in [-0.2, 0) is 4.79 Å². The number of carbonyl (C=O) groups excluding carboxylic acids is 1. The van der Waals surface area contributed by atoms with Gasteiger partial charge in [-0.3, -0.25) is 4.79 Å². The SMILES string of the molecule is CC(C)Oc1cccc(C(C)NC(=O)CCCN)c1.Cl. The molecule has 1 amide bonds. The second-order valence-electron chi connectivity index (χ2n) is 4.92. The summed E-state index contributed by atoms with van der Waals surface area (Å²) < 4.78 is 5.65. The molecular formula is C15H25ClN2O2. The molecule has 0 aliphatic carbocycles. The van der Waals surface area contributed by atoms with E-state index >= 15 is 0 Å². The highest BCUT2D eigenvalue weighted by atomic mass is 35.5. The number of hydrogen-bond donors (Lipinski definition) is 2. The summed E-state index contributed by atoms with van der Waals surface area (Å²) in [7, 11) is 0. The average molecular weight is 301 g/mol. The minimum atomic E-state index is -0.0269. The highest BCUT2D eigenvalue weighted by Crippen LogP contribution is 2.20. The van der Waals surface area contributed by atoms with Gasteiger partial charge in [0.25, 0.3) is 0 Å². The standard InChI is InChI=1S/C15H24N2O2.ClH/c1-11(2)19-14-7-4-6-13(10-14)12(3)17-15(18)8-5-9-16;/h4,6-7,10-12H,5,8-9,16H2,1-3H3,(H,17,18);1H. The Morgan fingerprint density at radius 1 is 1.35 bits per heavy atom. The Bertz CT molecular complexity index is 411. The third-order valence-corrected chi connectivity index (χ3v) is 2.72. The van der Waals surface area contributed by atoms with Crippen molar-refractivity contribution < 1.29 is 9.53 Å². The van der Waals surface area contributed by atoms with Gasteiger partial charge in [-0.1, -0.05) is 12.1 Å².